The SMILES string of the molecule is N#CC(NC(c1ccccc1)c1ccccc1)c1ccccc1Br. The molecule has 0 radical (unpaired) electrons. The fraction of sp³-hybridized carbons (Fsp3) is 0.0952. The molecule has 3 aromatic rings. The number of hydrogen-bond acceptors (Lipinski definition) is 2. The van der Waals surface area contributed by atoms with Gasteiger partial charge in [0.2, 0.25) is 0 Å². The molecule has 0 saturated carbocycles. The fourth-order valence-electron chi connectivity index (χ4n) is 2.75. The van der Waals surface area contributed by atoms with Crippen LogP contribution in [-0.2, 0) is 0 Å². The highest BCUT2D eigenvalue weighted by Gasteiger charge is 2.21. The maximum atomic E-state index is 9.71. The molecule has 1 atom stereocenters. The smallest absolute Gasteiger partial charge is 0.123 e. The first-order valence-corrected chi connectivity index (χ1v) is 8.59. The molecule has 0 aliphatic carbocycles. The van der Waals surface area contributed by atoms with Gasteiger partial charge in [-0.1, -0.05) is 94.8 Å². The van der Waals surface area contributed by atoms with Crippen LogP contribution in [0.1, 0.15) is 28.8 Å². The Morgan fingerprint density at radius 2 is 1.25 bits per heavy atom. The van der Waals surface area contributed by atoms with Crippen LogP contribution in [0, 0.1) is 11.3 Å². The van der Waals surface area contributed by atoms with Crippen LogP contribution < -0.4 is 5.32 Å². The van der Waals surface area contributed by atoms with Crippen LogP contribution >= 0.6 is 15.9 Å². The molecule has 0 saturated heterocycles. The largest absolute Gasteiger partial charge is 0.287 e. The highest BCUT2D eigenvalue weighted by molar-refractivity contribution is 9.10. The minimum atomic E-state index is -0.411. The van der Waals surface area contributed by atoms with Gasteiger partial charge >= 0.3 is 0 Å². The molecule has 118 valence electrons. The summed E-state index contributed by atoms with van der Waals surface area (Å²) in [7, 11) is 0. The average molecular weight is 377 g/mol. The van der Waals surface area contributed by atoms with Crippen molar-refractivity contribution in [2.45, 2.75) is 12.1 Å². The highest BCUT2D eigenvalue weighted by Crippen LogP contribution is 2.28. The molecule has 2 nitrogen and oxygen atoms in total. The highest BCUT2D eigenvalue weighted by atomic mass is 79.9. The normalized spacial score (nSPS) is 11.9. The summed E-state index contributed by atoms with van der Waals surface area (Å²) in [6, 6.07) is 30.2. The second-order valence-electron chi connectivity index (χ2n) is 5.50. The Morgan fingerprint density at radius 3 is 1.75 bits per heavy atom. The van der Waals surface area contributed by atoms with Crippen molar-refractivity contribution in [2.75, 3.05) is 0 Å². The van der Waals surface area contributed by atoms with E-state index in [0.29, 0.717) is 0 Å². The molecule has 1 N–H and O–H groups in total. The maximum absolute atomic E-state index is 9.71. The van der Waals surface area contributed by atoms with E-state index < -0.39 is 6.04 Å². The summed E-state index contributed by atoms with van der Waals surface area (Å²) in [4.78, 5) is 0. The summed E-state index contributed by atoms with van der Waals surface area (Å²) in [5.74, 6) is 0. The van der Waals surface area contributed by atoms with Gasteiger partial charge in [0.25, 0.3) is 0 Å². The van der Waals surface area contributed by atoms with E-state index in [0.717, 1.165) is 21.2 Å². The second kappa shape index (κ2) is 7.92. The molecule has 0 spiro atoms. The number of nitriles is 1. The molecule has 0 aliphatic rings. The molecule has 1 unspecified atom stereocenters. The molecule has 0 aliphatic heterocycles. The molecular weight excluding hydrogens is 360 g/mol. The minimum Gasteiger partial charge on any atom is -0.287 e. The number of rotatable bonds is 5. The van der Waals surface area contributed by atoms with E-state index in [1.807, 2.05) is 60.7 Å². The van der Waals surface area contributed by atoms with Crippen LogP contribution in [0.4, 0.5) is 0 Å². The third-order valence-electron chi connectivity index (χ3n) is 3.94. The quantitative estimate of drug-likeness (QED) is 0.647. The molecule has 0 amide bonds. The topological polar surface area (TPSA) is 35.8 Å². The van der Waals surface area contributed by atoms with Gasteiger partial charge in [0.05, 0.1) is 12.1 Å². The van der Waals surface area contributed by atoms with Crippen LogP contribution in [-0.4, -0.2) is 0 Å². The van der Waals surface area contributed by atoms with Gasteiger partial charge in [-0.3, -0.25) is 5.32 Å². The minimum absolute atomic E-state index is 0.0517. The zero-order valence-electron chi connectivity index (χ0n) is 13.1. The Hall–Kier alpha value is -2.41. The van der Waals surface area contributed by atoms with Crippen molar-refractivity contribution in [3.8, 4) is 6.07 Å². The van der Waals surface area contributed by atoms with E-state index in [2.05, 4.69) is 51.6 Å². The number of nitrogens with one attached hydrogen (secondary N) is 1. The third-order valence-corrected chi connectivity index (χ3v) is 4.67. The van der Waals surface area contributed by atoms with Gasteiger partial charge in [-0.2, -0.15) is 5.26 Å². The predicted molar refractivity (Wildman–Crippen MR) is 100 cm³/mol. The molecule has 0 bridgehead atoms. The summed E-state index contributed by atoms with van der Waals surface area (Å²) in [6.07, 6.45) is 0. The van der Waals surface area contributed by atoms with Crippen LogP contribution in [0.15, 0.2) is 89.4 Å². The first-order chi connectivity index (χ1) is 11.8. The predicted octanol–water partition coefficient (Wildman–Crippen LogP) is 5.39. The number of hydrogen-bond donors (Lipinski definition) is 1. The van der Waals surface area contributed by atoms with Crippen LogP contribution in [0.5, 0.6) is 0 Å². The second-order valence-corrected chi connectivity index (χ2v) is 6.36. The number of nitrogens with zero attached hydrogens (tertiary/aromatic N) is 1. The summed E-state index contributed by atoms with van der Waals surface area (Å²) in [6.45, 7) is 0. The molecule has 3 heteroatoms. The lowest BCUT2D eigenvalue weighted by Gasteiger charge is -2.24. The van der Waals surface area contributed by atoms with Crippen molar-refractivity contribution in [3.05, 3.63) is 106 Å². The standard InChI is InChI=1S/C21H17BrN2/c22-19-14-8-7-13-18(19)20(15-23)24-21(16-9-3-1-4-10-16)17-11-5-2-6-12-17/h1-14,20-21,24H. The molecule has 0 aromatic heterocycles. The Kier molecular flexibility index (Phi) is 5.43. The number of halogens is 1. The molecule has 0 heterocycles. The van der Waals surface area contributed by atoms with Gasteiger partial charge in [0.1, 0.15) is 6.04 Å². The maximum Gasteiger partial charge on any atom is 0.123 e. The summed E-state index contributed by atoms with van der Waals surface area (Å²) < 4.78 is 0.934. The molecule has 3 aromatic carbocycles. The van der Waals surface area contributed by atoms with Gasteiger partial charge in [0, 0.05) is 4.47 Å². The van der Waals surface area contributed by atoms with Crippen molar-refractivity contribution < 1.29 is 0 Å². The Labute approximate surface area is 150 Å². The zero-order valence-corrected chi connectivity index (χ0v) is 14.6. The van der Waals surface area contributed by atoms with Crippen LogP contribution in [0.3, 0.4) is 0 Å². The van der Waals surface area contributed by atoms with E-state index in [1.54, 1.807) is 0 Å². The van der Waals surface area contributed by atoms with Crippen molar-refractivity contribution >= 4 is 15.9 Å². The van der Waals surface area contributed by atoms with Gasteiger partial charge in [-0.15, -0.1) is 0 Å². The molecule has 3 rings (SSSR count). The van der Waals surface area contributed by atoms with E-state index in [-0.39, 0.29) is 6.04 Å². The number of benzene rings is 3. The Morgan fingerprint density at radius 1 is 0.750 bits per heavy atom. The van der Waals surface area contributed by atoms with E-state index >= 15 is 0 Å². The van der Waals surface area contributed by atoms with Gasteiger partial charge in [-0.05, 0) is 22.8 Å². The van der Waals surface area contributed by atoms with Crippen LogP contribution in [0.25, 0.3) is 0 Å². The van der Waals surface area contributed by atoms with Crippen molar-refractivity contribution in [3.63, 3.8) is 0 Å². The summed E-state index contributed by atoms with van der Waals surface area (Å²) in [5, 5.41) is 13.2. The summed E-state index contributed by atoms with van der Waals surface area (Å²) >= 11 is 3.55. The van der Waals surface area contributed by atoms with E-state index in [9.17, 15) is 5.26 Å². The van der Waals surface area contributed by atoms with E-state index in [4.69, 9.17) is 0 Å². The van der Waals surface area contributed by atoms with Gasteiger partial charge < -0.3 is 0 Å². The molecular formula is C21H17BrN2. The van der Waals surface area contributed by atoms with Crippen molar-refractivity contribution in [1.82, 2.24) is 5.32 Å². The third kappa shape index (κ3) is 3.73. The average Bonchev–Trinajstić information content (AvgIpc) is 2.65. The van der Waals surface area contributed by atoms with Crippen LogP contribution in [0.2, 0.25) is 0 Å². The molecule has 0 fully saturated rings. The lowest BCUT2D eigenvalue weighted by atomic mass is 9.96. The monoisotopic (exact) mass is 376 g/mol. The van der Waals surface area contributed by atoms with Crippen molar-refractivity contribution in [2.24, 2.45) is 0 Å². The lowest BCUT2D eigenvalue weighted by molar-refractivity contribution is 0.558. The van der Waals surface area contributed by atoms with Gasteiger partial charge in [0.15, 0.2) is 0 Å². The first kappa shape index (κ1) is 16.4. The Bertz CT molecular complexity index is 786. The molecule has 24 heavy (non-hydrogen) atoms. The van der Waals surface area contributed by atoms with Crippen molar-refractivity contribution in [1.29, 1.82) is 5.26 Å². The summed E-state index contributed by atoms with van der Waals surface area (Å²) in [5.41, 5.74) is 3.21. The fourth-order valence-corrected chi connectivity index (χ4v) is 3.26. The van der Waals surface area contributed by atoms with Gasteiger partial charge in [-0.25, -0.2) is 0 Å². The first-order valence-electron chi connectivity index (χ1n) is 7.79. The lowest BCUT2D eigenvalue weighted by Crippen LogP contribution is -2.26. The van der Waals surface area contributed by atoms with E-state index in [1.165, 1.54) is 0 Å². The Balaban J connectivity index is 1.98. The zero-order chi connectivity index (χ0) is 16.8.